The molecule has 20 heavy (non-hydrogen) atoms. The van der Waals surface area contributed by atoms with Crippen molar-refractivity contribution < 1.29 is 0 Å². The Hall–Kier alpha value is -1.85. The number of aromatic nitrogens is 2. The molecular formula is C14H16ClN5. The fourth-order valence-electron chi connectivity index (χ4n) is 2.50. The molecule has 4 N–H and O–H groups in total. The number of benzene rings is 1. The molecule has 0 bridgehead atoms. The van der Waals surface area contributed by atoms with Crippen LogP contribution in [0.1, 0.15) is 16.8 Å². The first-order chi connectivity index (χ1) is 9.61. The molecule has 0 saturated heterocycles. The second-order valence-corrected chi connectivity index (χ2v) is 5.42. The first-order valence-electron chi connectivity index (χ1n) is 6.49. The Bertz CT molecular complexity index is 626. The van der Waals surface area contributed by atoms with Gasteiger partial charge in [-0.1, -0.05) is 23.7 Å². The Labute approximate surface area is 122 Å². The third-order valence-corrected chi connectivity index (χ3v) is 3.76. The molecule has 2 heterocycles. The summed E-state index contributed by atoms with van der Waals surface area (Å²) in [5.41, 5.74) is 14.8. The van der Waals surface area contributed by atoms with E-state index < -0.39 is 0 Å². The largest absolute Gasteiger partial charge is 0.383 e. The zero-order chi connectivity index (χ0) is 14.1. The number of nitrogens with two attached hydrogens (primary N) is 2. The van der Waals surface area contributed by atoms with Crippen LogP contribution in [-0.2, 0) is 19.5 Å². The van der Waals surface area contributed by atoms with Gasteiger partial charge < -0.3 is 11.5 Å². The SMILES string of the molecule is Nc1nc(N)c2c(n1)CCN(Cc1ccc(Cl)cc1)C2. The van der Waals surface area contributed by atoms with E-state index in [-0.39, 0.29) is 5.95 Å². The molecule has 6 heteroatoms. The third-order valence-electron chi connectivity index (χ3n) is 3.51. The summed E-state index contributed by atoms with van der Waals surface area (Å²) in [5.74, 6) is 0.751. The van der Waals surface area contributed by atoms with Crippen molar-refractivity contribution in [3.05, 3.63) is 46.1 Å². The maximum absolute atomic E-state index is 5.94. The van der Waals surface area contributed by atoms with E-state index in [1.54, 1.807) is 0 Å². The minimum Gasteiger partial charge on any atom is -0.383 e. The van der Waals surface area contributed by atoms with Crippen molar-refractivity contribution in [2.24, 2.45) is 0 Å². The standard InChI is InChI=1S/C14H16ClN5/c15-10-3-1-9(2-4-10)7-20-6-5-12-11(8-20)13(16)19-14(17)18-12/h1-4H,5-8H2,(H4,16,17,18,19). The first-order valence-corrected chi connectivity index (χ1v) is 6.87. The molecule has 2 aromatic rings. The van der Waals surface area contributed by atoms with E-state index in [0.717, 1.165) is 42.3 Å². The predicted molar refractivity (Wildman–Crippen MR) is 80.1 cm³/mol. The van der Waals surface area contributed by atoms with Gasteiger partial charge in [-0.3, -0.25) is 4.90 Å². The quantitative estimate of drug-likeness (QED) is 0.882. The minimum atomic E-state index is 0.257. The molecule has 3 rings (SSSR count). The molecule has 0 atom stereocenters. The second-order valence-electron chi connectivity index (χ2n) is 4.98. The van der Waals surface area contributed by atoms with Crippen molar-refractivity contribution in [1.82, 2.24) is 14.9 Å². The van der Waals surface area contributed by atoms with Gasteiger partial charge in [0.15, 0.2) is 0 Å². The van der Waals surface area contributed by atoms with E-state index >= 15 is 0 Å². The Balaban J connectivity index is 1.77. The van der Waals surface area contributed by atoms with E-state index in [9.17, 15) is 0 Å². The van der Waals surface area contributed by atoms with Crippen LogP contribution in [0.4, 0.5) is 11.8 Å². The highest BCUT2D eigenvalue weighted by Crippen LogP contribution is 2.23. The van der Waals surface area contributed by atoms with Gasteiger partial charge in [0.05, 0.1) is 5.69 Å². The Morgan fingerprint density at radius 1 is 1.15 bits per heavy atom. The van der Waals surface area contributed by atoms with Crippen molar-refractivity contribution in [1.29, 1.82) is 0 Å². The molecule has 1 aliphatic rings. The molecule has 0 unspecified atom stereocenters. The average Bonchev–Trinajstić information content (AvgIpc) is 2.42. The van der Waals surface area contributed by atoms with Gasteiger partial charge in [0.25, 0.3) is 0 Å². The molecule has 5 nitrogen and oxygen atoms in total. The maximum atomic E-state index is 5.94. The predicted octanol–water partition coefficient (Wildman–Crippen LogP) is 1.85. The first kappa shape index (κ1) is 13.1. The molecular weight excluding hydrogens is 274 g/mol. The van der Waals surface area contributed by atoms with Crippen LogP contribution in [0, 0.1) is 0 Å². The highest BCUT2D eigenvalue weighted by Gasteiger charge is 2.21. The normalized spacial score (nSPS) is 15.1. The van der Waals surface area contributed by atoms with Crippen molar-refractivity contribution in [3.8, 4) is 0 Å². The van der Waals surface area contributed by atoms with Crippen molar-refractivity contribution in [3.63, 3.8) is 0 Å². The van der Waals surface area contributed by atoms with Gasteiger partial charge in [0.1, 0.15) is 5.82 Å². The van der Waals surface area contributed by atoms with Gasteiger partial charge in [-0.05, 0) is 17.7 Å². The summed E-state index contributed by atoms with van der Waals surface area (Å²) in [6.45, 7) is 2.55. The summed E-state index contributed by atoms with van der Waals surface area (Å²) in [6.07, 6.45) is 0.847. The molecule has 0 radical (unpaired) electrons. The summed E-state index contributed by atoms with van der Waals surface area (Å²) in [7, 11) is 0. The fourth-order valence-corrected chi connectivity index (χ4v) is 2.62. The molecule has 0 amide bonds. The maximum Gasteiger partial charge on any atom is 0.222 e. The molecule has 1 aromatic heterocycles. The van der Waals surface area contributed by atoms with Crippen LogP contribution < -0.4 is 11.5 Å². The summed E-state index contributed by atoms with van der Waals surface area (Å²) >= 11 is 5.90. The third kappa shape index (κ3) is 2.69. The van der Waals surface area contributed by atoms with E-state index in [1.165, 1.54) is 5.56 Å². The lowest BCUT2D eigenvalue weighted by Gasteiger charge is -2.28. The summed E-state index contributed by atoms with van der Waals surface area (Å²) < 4.78 is 0. The van der Waals surface area contributed by atoms with Crippen molar-refractivity contribution in [2.75, 3.05) is 18.0 Å². The van der Waals surface area contributed by atoms with Gasteiger partial charge in [0.2, 0.25) is 5.95 Å². The number of halogens is 1. The monoisotopic (exact) mass is 289 g/mol. The zero-order valence-corrected chi connectivity index (χ0v) is 11.8. The summed E-state index contributed by atoms with van der Waals surface area (Å²) in [6, 6.07) is 7.90. The molecule has 0 saturated carbocycles. The van der Waals surface area contributed by atoms with Gasteiger partial charge in [-0.25, -0.2) is 4.98 Å². The lowest BCUT2D eigenvalue weighted by atomic mass is 10.1. The van der Waals surface area contributed by atoms with Crippen LogP contribution in [0.5, 0.6) is 0 Å². The van der Waals surface area contributed by atoms with E-state index in [1.807, 2.05) is 24.3 Å². The Morgan fingerprint density at radius 2 is 1.90 bits per heavy atom. The lowest BCUT2D eigenvalue weighted by Crippen LogP contribution is -2.31. The average molecular weight is 290 g/mol. The van der Waals surface area contributed by atoms with Crippen LogP contribution in [-0.4, -0.2) is 21.4 Å². The van der Waals surface area contributed by atoms with E-state index in [4.69, 9.17) is 23.1 Å². The smallest absolute Gasteiger partial charge is 0.222 e. The molecule has 0 aliphatic carbocycles. The lowest BCUT2D eigenvalue weighted by molar-refractivity contribution is 0.243. The highest BCUT2D eigenvalue weighted by atomic mass is 35.5. The van der Waals surface area contributed by atoms with Gasteiger partial charge in [-0.2, -0.15) is 4.98 Å². The van der Waals surface area contributed by atoms with E-state index in [2.05, 4.69) is 14.9 Å². The summed E-state index contributed by atoms with van der Waals surface area (Å²) in [4.78, 5) is 10.6. The molecule has 0 fully saturated rings. The number of nitrogens with zero attached hydrogens (tertiary/aromatic N) is 3. The minimum absolute atomic E-state index is 0.257. The zero-order valence-electron chi connectivity index (χ0n) is 11.0. The number of rotatable bonds is 2. The number of hydrogen-bond donors (Lipinski definition) is 2. The van der Waals surface area contributed by atoms with Crippen LogP contribution in [0.25, 0.3) is 0 Å². The molecule has 104 valence electrons. The topological polar surface area (TPSA) is 81.1 Å². The number of hydrogen-bond acceptors (Lipinski definition) is 5. The Kier molecular flexibility index (Phi) is 3.46. The number of fused-ring (bicyclic) bond motifs is 1. The van der Waals surface area contributed by atoms with Crippen LogP contribution in [0.15, 0.2) is 24.3 Å². The molecule has 0 spiro atoms. The van der Waals surface area contributed by atoms with Crippen molar-refractivity contribution >= 4 is 23.4 Å². The number of nitrogen functional groups attached to an aromatic ring is 2. The van der Waals surface area contributed by atoms with Gasteiger partial charge in [-0.15, -0.1) is 0 Å². The Morgan fingerprint density at radius 3 is 2.65 bits per heavy atom. The highest BCUT2D eigenvalue weighted by molar-refractivity contribution is 6.30. The van der Waals surface area contributed by atoms with Crippen LogP contribution >= 0.6 is 11.6 Å². The molecule has 1 aromatic carbocycles. The summed E-state index contributed by atoms with van der Waals surface area (Å²) in [5, 5.41) is 0.755. The molecule has 1 aliphatic heterocycles. The second kappa shape index (κ2) is 5.26. The van der Waals surface area contributed by atoms with Gasteiger partial charge >= 0.3 is 0 Å². The van der Waals surface area contributed by atoms with Crippen molar-refractivity contribution in [2.45, 2.75) is 19.5 Å². The van der Waals surface area contributed by atoms with Crippen LogP contribution in [0.3, 0.4) is 0 Å². The van der Waals surface area contributed by atoms with E-state index in [0.29, 0.717) is 5.82 Å². The van der Waals surface area contributed by atoms with Gasteiger partial charge in [0, 0.05) is 36.6 Å². The number of anilines is 2. The fraction of sp³-hybridized carbons (Fsp3) is 0.286. The van der Waals surface area contributed by atoms with Crippen LogP contribution in [0.2, 0.25) is 5.02 Å².